The highest BCUT2D eigenvalue weighted by molar-refractivity contribution is 5.90. The molecule has 1 aromatic heterocycles. The molecule has 3 nitrogen and oxygen atoms in total. The van der Waals surface area contributed by atoms with Crippen LogP contribution in [0.4, 0.5) is 5.69 Å². The van der Waals surface area contributed by atoms with E-state index < -0.39 is 0 Å². The number of pyridine rings is 1. The van der Waals surface area contributed by atoms with E-state index in [2.05, 4.69) is 53.4 Å². The Bertz CT molecular complexity index is 568. The average molecular weight is 269 g/mol. The zero-order chi connectivity index (χ0) is 13.9. The minimum absolute atomic E-state index is 0.497. The van der Waals surface area contributed by atoms with Crippen LogP contribution < -0.4 is 5.32 Å². The summed E-state index contributed by atoms with van der Waals surface area (Å²) in [5.74, 6) is 0.755. The maximum atomic E-state index is 4.52. The van der Waals surface area contributed by atoms with Crippen molar-refractivity contribution in [3.63, 3.8) is 0 Å². The molecule has 2 aromatic rings. The molecule has 1 aliphatic heterocycles. The number of benzene rings is 1. The van der Waals surface area contributed by atoms with Gasteiger partial charge in [-0.15, -0.1) is 0 Å². The third-order valence-electron chi connectivity index (χ3n) is 4.49. The largest absolute Gasteiger partial charge is 0.381 e. The zero-order valence-electron chi connectivity index (χ0n) is 12.3. The van der Waals surface area contributed by atoms with E-state index in [-0.39, 0.29) is 0 Å². The summed E-state index contributed by atoms with van der Waals surface area (Å²) in [5.41, 5.74) is 2.24. The van der Waals surface area contributed by atoms with Crippen LogP contribution in [0.2, 0.25) is 0 Å². The van der Waals surface area contributed by atoms with Gasteiger partial charge in [0, 0.05) is 17.6 Å². The first-order chi connectivity index (χ1) is 9.74. The van der Waals surface area contributed by atoms with Gasteiger partial charge in [0.25, 0.3) is 0 Å². The Kier molecular flexibility index (Phi) is 3.88. The molecule has 1 aliphatic rings. The molecule has 1 aromatic carbocycles. The Labute approximate surface area is 121 Å². The van der Waals surface area contributed by atoms with E-state index in [9.17, 15) is 0 Å². The van der Waals surface area contributed by atoms with Gasteiger partial charge < -0.3 is 10.2 Å². The number of nitrogens with one attached hydrogen (secondary N) is 1. The fourth-order valence-electron chi connectivity index (χ4n) is 3.11. The molecule has 0 spiro atoms. The van der Waals surface area contributed by atoms with E-state index in [1.807, 2.05) is 12.3 Å². The van der Waals surface area contributed by atoms with Crippen molar-refractivity contribution in [2.24, 2.45) is 5.92 Å². The van der Waals surface area contributed by atoms with Gasteiger partial charge >= 0.3 is 0 Å². The molecule has 1 atom stereocenters. The van der Waals surface area contributed by atoms with Crippen LogP contribution in [-0.2, 0) is 0 Å². The first kappa shape index (κ1) is 13.4. The monoisotopic (exact) mass is 269 g/mol. The van der Waals surface area contributed by atoms with Gasteiger partial charge in [-0.25, -0.2) is 0 Å². The van der Waals surface area contributed by atoms with Crippen LogP contribution in [0.25, 0.3) is 10.9 Å². The van der Waals surface area contributed by atoms with Crippen molar-refractivity contribution in [2.45, 2.75) is 25.8 Å². The van der Waals surface area contributed by atoms with E-state index >= 15 is 0 Å². The number of hydrogen-bond donors (Lipinski definition) is 1. The zero-order valence-corrected chi connectivity index (χ0v) is 12.3. The first-order valence-corrected chi connectivity index (χ1v) is 7.53. The van der Waals surface area contributed by atoms with Gasteiger partial charge in [-0.2, -0.15) is 0 Å². The highest BCUT2D eigenvalue weighted by Crippen LogP contribution is 2.26. The summed E-state index contributed by atoms with van der Waals surface area (Å²) >= 11 is 0. The normalized spacial score (nSPS) is 19.1. The molecule has 0 amide bonds. The van der Waals surface area contributed by atoms with Crippen LogP contribution in [0.1, 0.15) is 19.8 Å². The number of piperidine rings is 1. The van der Waals surface area contributed by atoms with Crippen LogP contribution in [0.5, 0.6) is 0 Å². The second kappa shape index (κ2) is 5.80. The lowest BCUT2D eigenvalue weighted by Gasteiger charge is -2.33. The summed E-state index contributed by atoms with van der Waals surface area (Å²) in [6.07, 6.45) is 4.43. The Balaban J connectivity index is 1.76. The topological polar surface area (TPSA) is 28.2 Å². The number of rotatable bonds is 3. The molecule has 1 saturated heterocycles. The lowest BCUT2D eigenvalue weighted by Crippen LogP contribution is -2.37. The molecular weight excluding hydrogens is 246 g/mol. The summed E-state index contributed by atoms with van der Waals surface area (Å²) < 4.78 is 0. The SMILES string of the molecule is CC(Nc1cccc2cccnc12)C1CCN(C)CC1. The number of fused-ring (bicyclic) bond motifs is 1. The summed E-state index contributed by atoms with van der Waals surface area (Å²) in [4.78, 5) is 6.94. The first-order valence-electron chi connectivity index (χ1n) is 7.53. The summed E-state index contributed by atoms with van der Waals surface area (Å²) in [6, 6.07) is 11.0. The molecule has 1 unspecified atom stereocenters. The van der Waals surface area contributed by atoms with Crippen LogP contribution in [-0.4, -0.2) is 36.1 Å². The van der Waals surface area contributed by atoms with Crippen molar-refractivity contribution in [3.8, 4) is 0 Å². The predicted molar refractivity (Wildman–Crippen MR) is 85.0 cm³/mol. The molecule has 1 N–H and O–H groups in total. The number of nitrogens with zero attached hydrogens (tertiary/aromatic N) is 2. The van der Waals surface area contributed by atoms with Crippen molar-refractivity contribution in [2.75, 3.05) is 25.5 Å². The second-order valence-corrected chi connectivity index (χ2v) is 5.95. The van der Waals surface area contributed by atoms with Crippen molar-refractivity contribution < 1.29 is 0 Å². The van der Waals surface area contributed by atoms with Crippen LogP contribution in [0, 0.1) is 5.92 Å². The number of para-hydroxylation sites is 1. The van der Waals surface area contributed by atoms with Crippen molar-refractivity contribution in [3.05, 3.63) is 36.5 Å². The molecule has 20 heavy (non-hydrogen) atoms. The fraction of sp³-hybridized carbons (Fsp3) is 0.471. The molecule has 0 radical (unpaired) electrons. The second-order valence-electron chi connectivity index (χ2n) is 5.95. The quantitative estimate of drug-likeness (QED) is 0.926. The van der Waals surface area contributed by atoms with Crippen LogP contribution >= 0.6 is 0 Å². The van der Waals surface area contributed by atoms with E-state index in [1.165, 1.54) is 31.3 Å². The van der Waals surface area contributed by atoms with Crippen LogP contribution in [0.3, 0.4) is 0 Å². The molecule has 0 aliphatic carbocycles. The minimum Gasteiger partial charge on any atom is -0.381 e. The van der Waals surface area contributed by atoms with E-state index in [1.54, 1.807) is 0 Å². The molecule has 0 bridgehead atoms. The third-order valence-corrected chi connectivity index (χ3v) is 4.49. The molecule has 2 heterocycles. The van der Waals surface area contributed by atoms with E-state index in [4.69, 9.17) is 0 Å². The van der Waals surface area contributed by atoms with Gasteiger partial charge in [0.1, 0.15) is 0 Å². The van der Waals surface area contributed by atoms with Crippen LogP contribution in [0.15, 0.2) is 36.5 Å². The number of aromatic nitrogens is 1. The Morgan fingerprint density at radius 2 is 1.95 bits per heavy atom. The summed E-state index contributed by atoms with van der Waals surface area (Å²) in [6.45, 7) is 4.73. The molecule has 0 saturated carbocycles. The molecule has 3 rings (SSSR count). The smallest absolute Gasteiger partial charge is 0.0933 e. The maximum absolute atomic E-state index is 4.52. The lowest BCUT2D eigenvalue weighted by molar-refractivity contribution is 0.208. The number of hydrogen-bond acceptors (Lipinski definition) is 3. The number of likely N-dealkylation sites (tertiary alicyclic amines) is 1. The van der Waals surface area contributed by atoms with Crippen molar-refractivity contribution >= 4 is 16.6 Å². The third kappa shape index (κ3) is 2.78. The summed E-state index contributed by atoms with van der Waals surface area (Å²) in [7, 11) is 2.21. The van der Waals surface area contributed by atoms with Gasteiger partial charge in [0.05, 0.1) is 11.2 Å². The highest BCUT2D eigenvalue weighted by Gasteiger charge is 2.22. The van der Waals surface area contributed by atoms with E-state index in [0.717, 1.165) is 17.1 Å². The molecule has 106 valence electrons. The van der Waals surface area contributed by atoms with Crippen molar-refractivity contribution in [1.29, 1.82) is 0 Å². The highest BCUT2D eigenvalue weighted by atomic mass is 15.1. The summed E-state index contributed by atoms with van der Waals surface area (Å²) in [5, 5.41) is 4.89. The van der Waals surface area contributed by atoms with Gasteiger partial charge in [0.15, 0.2) is 0 Å². The standard InChI is InChI=1S/C17H23N3/c1-13(14-8-11-20(2)12-9-14)19-16-7-3-5-15-6-4-10-18-17(15)16/h3-7,10,13-14,19H,8-9,11-12H2,1-2H3. The van der Waals surface area contributed by atoms with E-state index in [0.29, 0.717) is 6.04 Å². The van der Waals surface area contributed by atoms with Gasteiger partial charge in [0.2, 0.25) is 0 Å². The Hall–Kier alpha value is -1.61. The molecular formula is C17H23N3. The average Bonchev–Trinajstić information content (AvgIpc) is 2.48. The van der Waals surface area contributed by atoms with Gasteiger partial charge in [-0.05, 0) is 58.0 Å². The number of anilines is 1. The van der Waals surface area contributed by atoms with Crippen molar-refractivity contribution in [1.82, 2.24) is 9.88 Å². The maximum Gasteiger partial charge on any atom is 0.0933 e. The molecule has 3 heteroatoms. The van der Waals surface area contributed by atoms with Gasteiger partial charge in [-0.1, -0.05) is 18.2 Å². The Morgan fingerprint density at radius 1 is 1.20 bits per heavy atom. The minimum atomic E-state index is 0.497. The fourth-order valence-corrected chi connectivity index (χ4v) is 3.11. The molecule has 1 fully saturated rings. The van der Waals surface area contributed by atoms with Gasteiger partial charge in [-0.3, -0.25) is 4.98 Å². The predicted octanol–water partition coefficient (Wildman–Crippen LogP) is 3.38. The lowest BCUT2D eigenvalue weighted by atomic mass is 9.90. The Morgan fingerprint density at radius 3 is 2.75 bits per heavy atom.